The summed E-state index contributed by atoms with van der Waals surface area (Å²) < 4.78 is 0. The van der Waals surface area contributed by atoms with Crippen LogP contribution in [0.15, 0.2) is 18.2 Å². The summed E-state index contributed by atoms with van der Waals surface area (Å²) in [7, 11) is 0. The van der Waals surface area contributed by atoms with Gasteiger partial charge in [0.15, 0.2) is 5.78 Å². The number of carbonyl (C=O) groups is 1. The zero-order valence-electron chi connectivity index (χ0n) is 10.2. The van der Waals surface area contributed by atoms with Crippen molar-refractivity contribution in [2.45, 2.75) is 26.0 Å². The highest BCUT2D eigenvalue weighted by atomic mass is 35.5. The molecule has 1 rings (SSSR count). The molecule has 0 fully saturated rings. The third kappa shape index (κ3) is 4.53. The van der Waals surface area contributed by atoms with E-state index in [0.29, 0.717) is 32.5 Å². The van der Waals surface area contributed by atoms with Crippen molar-refractivity contribution in [3.63, 3.8) is 0 Å². The van der Waals surface area contributed by atoms with Crippen molar-refractivity contribution in [1.29, 1.82) is 0 Å². The lowest BCUT2D eigenvalue weighted by Gasteiger charge is -2.14. The van der Waals surface area contributed by atoms with Crippen LogP contribution in [-0.2, 0) is 0 Å². The fourth-order valence-electron chi connectivity index (χ4n) is 1.19. The molecule has 1 unspecified atom stereocenters. The normalized spacial score (nSPS) is 12.8. The van der Waals surface area contributed by atoms with Gasteiger partial charge < -0.3 is 0 Å². The first-order chi connectivity index (χ1) is 7.91. The Kier molecular flexibility index (Phi) is 5.84. The lowest BCUT2D eigenvalue weighted by Crippen LogP contribution is -2.11. The van der Waals surface area contributed by atoms with Crippen molar-refractivity contribution >= 4 is 40.7 Å². The topological polar surface area (TPSA) is 17.1 Å². The molecule has 1 atom stereocenters. The van der Waals surface area contributed by atoms with E-state index in [0.717, 1.165) is 0 Å². The average Bonchev–Trinajstić information content (AvgIpc) is 2.25. The molecule has 0 saturated heterocycles. The van der Waals surface area contributed by atoms with Gasteiger partial charge in [0.1, 0.15) is 0 Å². The summed E-state index contributed by atoms with van der Waals surface area (Å²) in [6, 6.07) is 4.98. The second-order valence-corrected chi connectivity index (χ2v) is 6.52. The van der Waals surface area contributed by atoms with E-state index in [1.165, 1.54) is 0 Å². The Morgan fingerprint density at radius 2 is 1.94 bits per heavy atom. The molecule has 4 heteroatoms. The third-order valence-electron chi connectivity index (χ3n) is 2.65. The molecular formula is C13H16Cl2OS. The summed E-state index contributed by atoms with van der Waals surface area (Å²) in [5, 5.41) is 1.44. The molecule has 1 nitrogen and oxygen atoms in total. The van der Waals surface area contributed by atoms with Crippen LogP contribution in [0.5, 0.6) is 0 Å². The van der Waals surface area contributed by atoms with Gasteiger partial charge in [0, 0.05) is 15.8 Å². The van der Waals surface area contributed by atoms with Crippen LogP contribution in [-0.4, -0.2) is 16.8 Å². The smallest absolute Gasteiger partial charge is 0.174 e. The van der Waals surface area contributed by atoms with Gasteiger partial charge in [-0.3, -0.25) is 4.79 Å². The van der Waals surface area contributed by atoms with Crippen molar-refractivity contribution in [3.8, 4) is 0 Å². The number of Topliss-reactive ketones (excluding diaryl/α,β-unsaturated/α-hetero) is 1. The minimum absolute atomic E-state index is 0.0594. The van der Waals surface area contributed by atoms with Crippen molar-refractivity contribution in [3.05, 3.63) is 33.8 Å². The first kappa shape index (κ1) is 14.9. The van der Waals surface area contributed by atoms with Crippen LogP contribution >= 0.6 is 35.0 Å². The largest absolute Gasteiger partial charge is 0.293 e. The Morgan fingerprint density at radius 3 is 2.47 bits per heavy atom. The maximum atomic E-state index is 12.0. The summed E-state index contributed by atoms with van der Waals surface area (Å²) in [5.74, 6) is 1.08. The minimum atomic E-state index is 0.0594. The number of halogens is 2. The zero-order chi connectivity index (χ0) is 13.0. The molecule has 0 heterocycles. The predicted octanol–water partition coefficient (Wildman–Crippen LogP) is 4.95. The zero-order valence-corrected chi connectivity index (χ0v) is 12.5. The molecule has 0 radical (unpaired) electrons. The van der Waals surface area contributed by atoms with Gasteiger partial charge in [-0.1, -0.05) is 44.0 Å². The van der Waals surface area contributed by atoms with E-state index in [9.17, 15) is 4.79 Å². The lowest BCUT2D eigenvalue weighted by molar-refractivity contribution is 0.102. The standard InChI is InChI=1S/C13H16Cl2OS/c1-8(2)9(3)17-7-13(16)11-5-4-10(14)6-12(11)15/h4-6,8-9H,7H2,1-3H3. The van der Waals surface area contributed by atoms with Crippen LogP contribution in [0.25, 0.3) is 0 Å². The van der Waals surface area contributed by atoms with Gasteiger partial charge in [0.2, 0.25) is 0 Å². The molecule has 0 N–H and O–H groups in total. The highest BCUT2D eigenvalue weighted by molar-refractivity contribution is 8.00. The van der Waals surface area contributed by atoms with Crippen LogP contribution < -0.4 is 0 Å². The monoisotopic (exact) mass is 290 g/mol. The van der Waals surface area contributed by atoms with Crippen molar-refractivity contribution < 1.29 is 4.79 Å². The maximum Gasteiger partial charge on any atom is 0.174 e. The predicted molar refractivity (Wildman–Crippen MR) is 77.6 cm³/mol. The van der Waals surface area contributed by atoms with E-state index in [-0.39, 0.29) is 5.78 Å². The van der Waals surface area contributed by atoms with E-state index in [1.54, 1.807) is 30.0 Å². The maximum absolute atomic E-state index is 12.0. The number of carbonyl (C=O) groups excluding carboxylic acids is 1. The molecule has 1 aromatic carbocycles. The van der Waals surface area contributed by atoms with Crippen molar-refractivity contribution in [1.82, 2.24) is 0 Å². The summed E-state index contributed by atoms with van der Waals surface area (Å²) in [5.41, 5.74) is 0.555. The summed E-state index contributed by atoms with van der Waals surface area (Å²) in [4.78, 5) is 12.0. The molecule has 0 aliphatic rings. The molecule has 0 amide bonds. The van der Waals surface area contributed by atoms with E-state index >= 15 is 0 Å². The molecule has 0 aromatic heterocycles. The van der Waals surface area contributed by atoms with E-state index in [4.69, 9.17) is 23.2 Å². The Labute approximate surface area is 117 Å². The Balaban J connectivity index is 2.64. The fourth-order valence-corrected chi connectivity index (χ4v) is 2.66. The molecule has 0 aliphatic carbocycles. The lowest BCUT2D eigenvalue weighted by atomic mass is 10.1. The second kappa shape index (κ2) is 6.67. The molecule has 0 bridgehead atoms. The van der Waals surface area contributed by atoms with E-state index in [1.807, 2.05) is 0 Å². The SMILES string of the molecule is CC(C)C(C)SCC(=O)c1ccc(Cl)cc1Cl. The minimum Gasteiger partial charge on any atom is -0.293 e. The fraction of sp³-hybridized carbons (Fsp3) is 0.462. The van der Waals surface area contributed by atoms with Crippen LogP contribution in [0.4, 0.5) is 0 Å². The van der Waals surface area contributed by atoms with Gasteiger partial charge in [-0.05, 0) is 24.1 Å². The van der Waals surface area contributed by atoms with Gasteiger partial charge in [-0.2, -0.15) is 11.8 Å². The van der Waals surface area contributed by atoms with Gasteiger partial charge in [0.25, 0.3) is 0 Å². The van der Waals surface area contributed by atoms with Crippen molar-refractivity contribution in [2.75, 3.05) is 5.75 Å². The number of hydrogen-bond donors (Lipinski definition) is 0. The Morgan fingerprint density at radius 1 is 1.29 bits per heavy atom. The molecule has 94 valence electrons. The van der Waals surface area contributed by atoms with E-state index < -0.39 is 0 Å². The Bertz CT molecular complexity index is 404. The second-order valence-electron chi connectivity index (χ2n) is 4.31. The highest BCUT2D eigenvalue weighted by Crippen LogP contribution is 2.24. The van der Waals surface area contributed by atoms with Gasteiger partial charge in [-0.15, -0.1) is 0 Å². The average molecular weight is 291 g/mol. The summed E-state index contributed by atoms with van der Waals surface area (Å²) in [6.45, 7) is 6.43. The number of thioether (sulfide) groups is 1. The first-order valence-corrected chi connectivity index (χ1v) is 7.32. The molecular weight excluding hydrogens is 275 g/mol. The quantitative estimate of drug-likeness (QED) is 0.714. The molecule has 0 saturated carbocycles. The molecule has 0 aliphatic heterocycles. The van der Waals surface area contributed by atoms with Crippen LogP contribution in [0.3, 0.4) is 0 Å². The van der Waals surface area contributed by atoms with Crippen molar-refractivity contribution in [2.24, 2.45) is 5.92 Å². The number of hydrogen-bond acceptors (Lipinski definition) is 2. The highest BCUT2D eigenvalue weighted by Gasteiger charge is 2.14. The third-order valence-corrected chi connectivity index (χ3v) is 4.69. The summed E-state index contributed by atoms with van der Waals surface area (Å²) in [6.07, 6.45) is 0. The van der Waals surface area contributed by atoms with Gasteiger partial charge in [0.05, 0.1) is 10.8 Å². The number of ketones is 1. The van der Waals surface area contributed by atoms with E-state index in [2.05, 4.69) is 20.8 Å². The molecule has 17 heavy (non-hydrogen) atoms. The van der Waals surface area contributed by atoms with Gasteiger partial charge >= 0.3 is 0 Å². The molecule has 0 spiro atoms. The first-order valence-electron chi connectivity index (χ1n) is 5.51. The number of benzene rings is 1. The molecule has 1 aromatic rings. The summed E-state index contributed by atoms with van der Waals surface area (Å²) >= 11 is 13.4. The Hall–Kier alpha value is -0.180. The van der Waals surface area contributed by atoms with Crippen LogP contribution in [0.1, 0.15) is 31.1 Å². The van der Waals surface area contributed by atoms with Crippen LogP contribution in [0, 0.1) is 5.92 Å². The van der Waals surface area contributed by atoms with Gasteiger partial charge in [-0.25, -0.2) is 0 Å². The van der Waals surface area contributed by atoms with Crippen LogP contribution in [0.2, 0.25) is 10.0 Å². The number of rotatable bonds is 5.